The molecule has 0 aromatic heterocycles. The number of carbonyl (C=O) groups excluding carboxylic acids is 1. The van der Waals surface area contributed by atoms with Gasteiger partial charge in [0.2, 0.25) is 0 Å². The van der Waals surface area contributed by atoms with Gasteiger partial charge in [-0.2, -0.15) is 0 Å². The highest BCUT2D eigenvalue weighted by Crippen LogP contribution is 2.25. The van der Waals surface area contributed by atoms with Crippen molar-refractivity contribution in [3.05, 3.63) is 42.5 Å². The maximum atomic E-state index is 11.8. The number of unbranched alkanes of at least 4 members (excludes halogenated alkanes) is 7. The number of benzene rings is 2. The van der Waals surface area contributed by atoms with Gasteiger partial charge in [-0.15, -0.1) is 0 Å². The molecule has 24 heavy (non-hydrogen) atoms. The van der Waals surface area contributed by atoms with E-state index < -0.39 is 0 Å². The van der Waals surface area contributed by atoms with Crippen LogP contribution in [0.25, 0.3) is 10.8 Å². The highest BCUT2D eigenvalue weighted by Gasteiger charge is 2.07. The maximum absolute atomic E-state index is 11.8. The van der Waals surface area contributed by atoms with Crippen LogP contribution < -0.4 is 4.89 Å². The number of carbonyl (C=O) groups is 1. The minimum atomic E-state index is -0.297. The summed E-state index contributed by atoms with van der Waals surface area (Å²) >= 11 is 0. The average molecular weight is 328 g/mol. The maximum Gasteiger partial charge on any atom is 0.355 e. The van der Waals surface area contributed by atoms with E-state index in [9.17, 15) is 4.79 Å². The van der Waals surface area contributed by atoms with E-state index in [2.05, 4.69) is 6.92 Å². The topological polar surface area (TPSA) is 35.5 Å². The molecule has 3 nitrogen and oxygen atoms in total. The lowest BCUT2D eigenvalue weighted by atomic mass is 10.1. The summed E-state index contributed by atoms with van der Waals surface area (Å²) in [5.74, 6) is 0.284. The molecule has 2 rings (SSSR count). The normalized spacial score (nSPS) is 10.7. The zero-order valence-electron chi connectivity index (χ0n) is 14.6. The van der Waals surface area contributed by atoms with E-state index in [1.165, 1.54) is 38.5 Å². The summed E-state index contributed by atoms with van der Waals surface area (Å²) in [5, 5.41) is 2.01. The van der Waals surface area contributed by atoms with Crippen molar-refractivity contribution in [1.29, 1.82) is 0 Å². The van der Waals surface area contributed by atoms with Crippen molar-refractivity contribution in [2.24, 2.45) is 0 Å². The molecule has 0 heterocycles. The third-order valence-electron chi connectivity index (χ3n) is 4.21. The van der Waals surface area contributed by atoms with Crippen molar-refractivity contribution in [2.75, 3.05) is 0 Å². The van der Waals surface area contributed by atoms with E-state index in [1.54, 1.807) is 0 Å². The van der Waals surface area contributed by atoms with Gasteiger partial charge in [0.05, 0.1) is 6.42 Å². The lowest BCUT2D eigenvalue weighted by Gasteiger charge is -2.07. The van der Waals surface area contributed by atoms with Crippen molar-refractivity contribution in [1.82, 2.24) is 0 Å². The van der Waals surface area contributed by atoms with Gasteiger partial charge in [-0.1, -0.05) is 88.3 Å². The van der Waals surface area contributed by atoms with Gasteiger partial charge in [0.1, 0.15) is 0 Å². The van der Waals surface area contributed by atoms with Crippen molar-refractivity contribution < 1.29 is 14.6 Å². The van der Waals surface area contributed by atoms with Gasteiger partial charge in [0.15, 0.2) is 5.75 Å². The number of hydrogen-bond acceptors (Lipinski definition) is 3. The molecule has 0 saturated heterocycles. The molecule has 0 aliphatic carbocycles. The van der Waals surface area contributed by atoms with Gasteiger partial charge >= 0.3 is 5.97 Å². The SMILES string of the molecule is CCCCCCCCCCC(=O)OOc1cccc2ccccc12. The second kappa shape index (κ2) is 10.7. The fourth-order valence-electron chi connectivity index (χ4n) is 2.80. The van der Waals surface area contributed by atoms with E-state index >= 15 is 0 Å². The minimum absolute atomic E-state index is 0.297. The fraction of sp³-hybridized carbons (Fsp3) is 0.476. The number of fused-ring (bicyclic) bond motifs is 1. The summed E-state index contributed by atoms with van der Waals surface area (Å²) in [6.07, 6.45) is 10.1. The van der Waals surface area contributed by atoms with Gasteiger partial charge in [-0.25, -0.2) is 4.79 Å². The van der Waals surface area contributed by atoms with E-state index in [0.29, 0.717) is 12.2 Å². The van der Waals surface area contributed by atoms with Crippen molar-refractivity contribution in [2.45, 2.75) is 64.7 Å². The first-order valence-corrected chi connectivity index (χ1v) is 9.16. The first-order valence-electron chi connectivity index (χ1n) is 9.16. The van der Waals surface area contributed by atoms with Crippen LogP contribution in [-0.2, 0) is 9.68 Å². The third-order valence-corrected chi connectivity index (χ3v) is 4.21. The lowest BCUT2D eigenvalue weighted by Crippen LogP contribution is -2.07. The summed E-state index contributed by atoms with van der Waals surface area (Å²) < 4.78 is 0. The van der Waals surface area contributed by atoms with Crippen LogP contribution in [0.3, 0.4) is 0 Å². The van der Waals surface area contributed by atoms with Gasteiger partial charge in [-0.05, 0) is 17.9 Å². The Balaban J connectivity index is 1.63. The fourth-order valence-corrected chi connectivity index (χ4v) is 2.80. The monoisotopic (exact) mass is 328 g/mol. The molecular weight excluding hydrogens is 300 g/mol. The average Bonchev–Trinajstić information content (AvgIpc) is 2.62. The Hall–Kier alpha value is -2.03. The van der Waals surface area contributed by atoms with Crippen molar-refractivity contribution >= 4 is 16.7 Å². The zero-order valence-corrected chi connectivity index (χ0v) is 14.6. The first-order chi connectivity index (χ1) is 11.8. The minimum Gasteiger partial charge on any atom is -0.286 e. The molecule has 0 aliphatic heterocycles. The standard InChI is InChI=1S/C21H28O3/c1-2-3-4-5-6-7-8-9-17-21(22)24-23-20-16-12-14-18-13-10-11-15-19(18)20/h10-16H,2-9,17H2,1H3. The predicted octanol–water partition coefficient (Wildman–Crippen LogP) is 6.21. The smallest absolute Gasteiger partial charge is 0.286 e. The van der Waals surface area contributed by atoms with Crippen LogP contribution in [0.15, 0.2) is 42.5 Å². The number of hydrogen-bond donors (Lipinski definition) is 0. The summed E-state index contributed by atoms with van der Waals surface area (Å²) in [4.78, 5) is 22.0. The van der Waals surface area contributed by atoms with Crippen LogP contribution in [0.5, 0.6) is 5.75 Å². The van der Waals surface area contributed by atoms with Crippen molar-refractivity contribution in [3.8, 4) is 5.75 Å². The molecule has 3 heteroatoms. The van der Waals surface area contributed by atoms with Gasteiger partial charge < -0.3 is 0 Å². The second-order valence-corrected chi connectivity index (χ2v) is 6.24. The molecule has 0 atom stereocenters. The Morgan fingerprint density at radius 1 is 0.833 bits per heavy atom. The molecule has 0 saturated carbocycles. The Kier molecular flexibility index (Phi) is 8.16. The Labute approximate surface area is 144 Å². The summed E-state index contributed by atoms with van der Waals surface area (Å²) in [6, 6.07) is 13.6. The predicted molar refractivity (Wildman–Crippen MR) is 97.9 cm³/mol. The molecule has 0 N–H and O–H groups in total. The molecule has 0 radical (unpaired) electrons. The van der Waals surface area contributed by atoms with Crippen LogP contribution in [0.4, 0.5) is 0 Å². The van der Waals surface area contributed by atoms with E-state index in [4.69, 9.17) is 9.78 Å². The molecule has 0 fully saturated rings. The summed E-state index contributed by atoms with van der Waals surface area (Å²) in [5.41, 5.74) is 0. The first kappa shape index (κ1) is 18.3. The molecule has 0 amide bonds. The quantitative estimate of drug-likeness (QED) is 0.279. The van der Waals surface area contributed by atoms with Gasteiger partial charge in [0.25, 0.3) is 0 Å². The van der Waals surface area contributed by atoms with Crippen LogP contribution >= 0.6 is 0 Å². The van der Waals surface area contributed by atoms with Crippen LogP contribution in [0, 0.1) is 0 Å². The van der Waals surface area contributed by atoms with E-state index in [1.807, 2.05) is 42.5 Å². The molecule has 0 aliphatic rings. The van der Waals surface area contributed by atoms with Gasteiger partial charge in [-0.3, -0.25) is 9.78 Å². The highest BCUT2D eigenvalue weighted by molar-refractivity contribution is 5.88. The van der Waals surface area contributed by atoms with Crippen LogP contribution in [-0.4, -0.2) is 5.97 Å². The molecule has 130 valence electrons. The Bertz CT molecular complexity index is 616. The second-order valence-electron chi connectivity index (χ2n) is 6.24. The van der Waals surface area contributed by atoms with Crippen molar-refractivity contribution in [3.63, 3.8) is 0 Å². The van der Waals surface area contributed by atoms with E-state index in [-0.39, 0.29) is 5.97 Å². The zero-order chi connectivity index (χ0) is 17.0. The summed E-state index contributed by atoms with van der Waals surface area (Å²) in [6.45, 7) is 2.23. The Morgan fingerprint density at radius 3 is 2.29 bits per heavy atom. The molecule has 2 aromatic carbocycles. The van der Waals surface area contributed by atoms with Crippen LogP contribution in [0.2, 0.25) is 0 Å². The number of rotatable bonds is 11. The molecule has 0 bridgehead atoms. The van der Waals surface area contributed by atoms with E-state index in [0.717, 1.165) is 23.6 Å². The highest BCUT2D eigenvalue weighted by atomic mass is 17.2. The molecule has 0 unspecified atom stereocenters. The van der Waals surface area contributed by atoms with Gasteiger partial charge in [0, 0.05) is 5.39 Å². The third kappa shape index (κ3) is 6.23. The lowest BCUT2D eigenvalue weighted by molar-refractivity contribution is -0.213. The van der Waals surface area contributed by atoms with Crippen LogP contribution in [0.1, 0.15) is 64.7 Å². The molecule has 0 spiro atoms. The Morgan fingerprint density at radius 2 is 1.50 bits per heavy atom. The molecular formula is C21H28O3. The largest absolute Gasteiger partial charge is 0.355 e. The summed E-state index contributed by atoms with van der Waals surface area (Å²) in [7, 11) is 0. The molecule has 2 aromatic rings.